The molecule has 0 aliphatic carbocycles. The molecule has 0 radical (unpaired) electrons. The third kappa shape index (κ3) is 3.81. The third-order valence-electron chi connectivity index (χ3n) is 3.80. The van der Waals surface area contributed by atoms with Crippen LogP contribution in [0.4, 0.5) is 11.4 Å². The lowest BCUT2D eigenvalue weighted by molar-refractivity contribution is -0.383. The van der Waals surface area contributed by atoms with Crippen molar-refractivity contribution in [2.45, 2.75) is 12.5 Å². The molecule has 1 unspecified atom stereocenters. The first-order valence-corrected chi connectivity index (χ1v) is 7.66. The summed E-state index contributed by atoms with van der Waals surface area (Å²) in [4.78, 5) is 28.9. The number of nitro benzene ring substituents is 1. The van der Waals surface area contributed by atoms with Crippen LogP contribution in [0.15, 0.2) is 53.6 Å². The normalized spacial score (nSPS) is 12.0. The average molecular weight is 340 g/mol. The number of rotatable bonds is 6. The van der Waals surface area contributed by atoms with E-state index in [0.717, 1.165) is 5.56 Å². The van der Waals surface area contributed by atoms with E-state index in [-0.39, 0.29) is 23.3 Å². The van der Waals surface area contributed by atoms with Crippen LogP contribution in [0.25, 0.3) is 10.9 Å². The van der Waals surface area contributed by atoms with E-state index in [9.17, 15) is 20.0 Å². The molecule has 1 atom stereocenters. The Balaban J connectivity index is 1.81. The van der Waals surface area contributed by atoms with Crippen molar-refractivity contribution < 1.29 is 10.0 Å². The quantitative estimate of drug-likeness (QED) is 0.465. The van der Waals surface area contributed by atoms with Crippen LogP contribution in [0.3, 0.4) is 0 Å². The van der Waals surface area contributed by atoms with E-state index in [2.05, 4.69) is 15.3 Å². The zero-order chi connectivity index (χ0) is 17.8. The second kappa shape index (κ2) is 7.10. The van der Waals surface area contributed by atoms with E-state index in [4.69, 9.17) is 0 Å². The first-order chi connectivity index (χ1) is 12.0. The fourth-order valence-corrected chi connectivity index (χ4v) is 2.58. The number of aromatic amines is 1. The van der Waals surface area contributed by atoms with Gasteiger partial charge >= 0.3 is 0 Å². The fourth-order valence-electron chi connectivity index (χ4n) is 2.58. The van der Waals surface area contributed by atoms with Crippen molar-refractivity contribution in [3.63, 3.8) is 0 Å². The van der Waals surface area contributed by atoms with Crippen LogP contribution < -0.4 is 10.9 Å². The van der Waals surface area contributed by atoms with Gasteiger partial charge in [-0.05, 0) is 11.6 Å². The molecule has 0 saturated carbocycles. The Morgan fingerprint density at radius 1 is 1.28 bits per heavy atom. The minimum atomic E-state index is -0.718. The molecule has 0 spiro atoms. The highest BCUT2D eigenvalue weighted by Crippen LogP contribution is 2.27. The summed E-state index contributed by atoms with van der Waals surface area (Å²) in [5, 5.41) is 24.5. The van der Waals surface area contributed by atoms with Gasteiger partial charge in [0.05, 0.1) is 28.3 Å². The highest BCUT2D eigenvalue weighted by atomic mass is 16.6. The van der Waals surface area contributed by atoms with Crippen molar-refractivity contribution in [3.8, 4) is 0 Å². The van der Waals surface area contributed by atoms with Crippen molar-refractivity contribution in [2.75, 3.05) is 11.9 Å². The van der Waals surface area contributed by atoms with Crippen molar-refractivity contribution >= 4 is 22.3 Å². The molecule has 0 fully saturated rings. The molecule has 2 aromatic carbocycles. The monoisotopic (exact) mass is 340 g/mol. The van der Waals surface area contributed by atoms with Gasteiger partial charge in [-0.2, -0.15) is 0 Å². The smallest absolute Gasteiger partial charge is 0.293 e. The van der Waals surface area contributed by atoms with E-state index >= 15 is 0 Å². The second-order valence-corrected chi connectivity index (χ2v) is 5.60. The first-order valence-electron chi connectivity index (χ1n) is 7.66. The molecular formula is C17H16N4O4. The predicted octanol–water partition coefficient (Wildman–Crippen LogP) is 1.85. The maximum Gasteiger partial charge on any atom is 0.293 e. The molecule has 1 heterocycles. The Hall–Kier alpha value is -3.26. The van der Waals surface area contributed by atoms with Gasteiger partial charge in [-0.25, -0.2) is 4.98 Å². The van der Waals surface area contributed by atoms with Crippen molar-refractivity contribution in [3.05, 3.63) is 74.8 Å². The largest absolute Gasteiger partial charge is 0.391 e. The van der Waals surface area contributed by atoms with Crippen molar-refractivity contribution in [1.29, 1.82) is 0 Å². The maximum atomic E-state index is 11.8. The Morgan fingerprint density at radius 3 is 2.76 bits per heavy atom. The molecule has 3 rings (SSSR count). The number of fused-ring (bicyclic) bond motifs is 1. The Morgan fingerprint density at radius 2 is 2.04 bits per heavy atom. The van der Waals surface area contributed by atoms with E-state index < -0.39 is 16.6 Å². The molecule has 0 aliphatic rings. The number of nitrogens with zero attached hydrogens (tertiary/aromatic N) is 2. The summed E-state index contributed by atoms with van der Waals surface area (Å²) in [7, 11) is 0. The SMILES string of the molecule is O=c1[nH]cnc2cc(NCC(O)Cc3ccccc3)c([N+](=O)[O-])cc12. The van der Waals surface area contributed by atoms with Gasteiger partial charge in [0.1, 0.15) is 5.69 Å². The zero-order valence-electron chi connectivity index (χ0n) is 13.2. The van der Waals surface area contributed by atoms with Crippen LogP contribution in [-0.2, 0) is 6.42 Å². The summed E-state index contributed by atoms with van der Waals surface area (Å²) in [5.41, 5.74) is 0.844. The molecule has 128 valence electrons. The van der Waals surface area contributed by atoms with Crippen molar-refractivity contribution in [2.24, 2.45) is 0 Å². The molecule has 8 nitrogen and oxygen atoms in total. The van der Waals surface area contributed by atoms with Gasteiger partial charge < -0.3 is 15.4 Å². The molecule has 8 heteroatoms. The Kier molecular flexibility index (Phi) is 4.71. The molecule has 25 heavy (non-hydrogen) atoms. The van der Waals surface area contributed by atoms with Gasteiger partial charge in [0.25, 0.3) is 11.2 Å². The molecule has 3 aromatic rings. The highest BCUT2D eigenvalue weighted by Gasteiger charge is 2.18. The number of H-pyrrole nitrogens is 1. The number of aliphatic hydroxyl groups excluding tert-OH is 1. The highest BCUT2D eigenvalue weighted by molar-refractivity contribution is 5.86. The molecule has 3 N–H and O–H groups in total. The Bertz CT molecular complexity index is 956. The van der Waals surface area contributed by atoms with Crippen LogP contribution >= 0.6 is 0 Å². The van der Waals surface area contributed by atoms with Gasteiger partial charge in [0, 0.05) is 19.0 Å². The topological polar surface area (TPSA) is 121 Å². The number of anilines is 1. The van der Waals surface area contributed by atoms with Gasteiger partial charge in [-0.1, -0.05) is 30.3 Å². The summed E-state index contributed by atoms with van der Waals surface area (Å²) in [6.07, 6.45) is 0.947. The lowest BCUT2D eigenvalue weighted by atomic mass is 10.1. The van der Waals surface area contributed by atoms with Crippen LogP contribution in [0.1, 0.15) is 5.56 Å². The van der Waals surface area contributed by atoms with Crippen LogP contribution in [0, 0.1) is 10.1 Å². The molecule has 0 saturated heterocycles. The average Bonchev–Trinajstić information content (AvgIpc) is 2.60. The van der Waals surface area contributed by atoms with Gasteiger partial charge in [0.15, 0.2) is 0 Å². The number of aliphatic hydroxyl groups is 1. The lowest BCUT2D eigenvalue weighted by Gasteiger charge is -2.13. The summed E-state index contributed by atoms with van der Waals surface area (Å²) in [5.74, 6) is 0. The molecule has 1 aromatic heterocycles. The first kappa shape index (κ1) is 16.6. The van der Waals surface area contributed by atoms with Gasteiger partial charge in [-0.3, -0.25) is 14.9 Å². The fraction of sp³-hybridized carbons (Fsp3) is 0.176. The molecule has 0 bridgehead atoms. The summed E-state index contributed by atoms with van der Waals surface area (Å²) in [6, 6.07) is 12.1. The summed E-state index contributed by atoms with van der Waals surface area (Å²) < 4.78 is 0. The molecule has 0 aliphatic heterocycles. The zero-order valence-corrected chi connectivity index (χ0v) is 13.2. The number of benzene rings is 2. The third-order valence-corrected chi connectivity index (χ3v) is 3.80. The second-order valence-electron chi connectivity index (χ2n) is 5.60. The van der Waals surface area contributed by atoms with E-state index in [0.29, 0.717) is 11.9 Å². The van der Waals surface area contributed by atoms with E-state index in [1.807, 2.05) is 30.3 Å². The van der Waals surface area contributed by atoms with E-state index in [1.54, 1.807) is 0 Å². The van der Waals surface area contributed by atoms with Crippen molar-refractivity contribution in [1.82, 2.24) is 9.97 Å². The molecular weight excluding hydrogens is 324 g/mol. The Labute approximate surface area is 142 Å². The standard InChI is InChI=1S/C17H16N4O4/c22-12(6-11-4-2-1-3-5-11)9-18-15-8-14-13(7-16(15)21(24)25)17(23)20-10-19-14/h1-5,7-8,10,12,18,22H,6,9H2,(H,19,20,23). The van der Waals surface area contributed by atoms with E-state index in [1.165, 1.54) is 18.5 Å². The summed E-state index contributed by atoms with van der Waals surface area (Å²) >= 11 is 0. The van der Waals surface area contributed by atoms with Crippen LogP contribution in [0.5, 0.6) is 0 Å². The minimum absolute atomic E-state index is 0.129. The van der Waals surface area contributed by atoms with Crippen LogP contribution in [0.2, 0.25) is 0 Å². The molecule has 0 amide bonds. The van der Waals surface area contributed by atoms with Gasteiger partial charge in [-0.15, -0.1) is 0 Å². The number of hydrogen-bond donors (Lipinski definition) is 3. The maximum absolute atomic E-state index is 11.8. The van der Waals surface area contributed by atoms with Gasteiger partial charge in [0.2, 0.25) is 0 Å². The number of nitro groups is 1. The number of nitrogens with one attached hydrogen (secondary N) is 2. The summed E-state index contributed by atoms with van der Waals surface area (Å²) in [6.45, 7) is 0.129. The number of hydrogen-bond acceptors (Lipinski definition) is 6. The lowest BCUT2D eigenvalue weighted by Crippen LogP contribution is -2.22. The van der Waals surface area contributed by atoms with Crippen LogP contribution in [-0.4, -0.2) is 32.6 Å². The predicted molar refractivity (Wildman–Crippen MR) is 93.7 cm³/mol. The minimum Gasteiger partial charge on any atom is -0.391 e. The number of aromatic nitrogens is 2.